The molecule has 0 heterocycles. The van der Waals surface area contributed by atoms with Crippen molar-refractivity contribution in [3.05, 3.63) is 29.8 Å². The maximum absolute atomic E-state index is 12.6. The van der Waals surface area contributed by atoms with Crippen LogP contribution in [0.2, 0.25) is 0 Å². The molecule has 1 atom stereocenters. The third-order valence-corrected chi connectivity index (χ3v) is 3.27. The number of benzene rings is 1. The van der Waals surface area contributed by atoms with Crippen molar-refractivity contribution in [3.8, 4) is 5.75 Å². The van der Waals surface area contributed by atoms with Crippen LogP contribution in [0.15, 0.2) is 24.3 Å². The Labute approximate surface area is 109 Å². The van der Waals surface area contributed by atoms with Gasteiger partial charge in [-0.2, -0.15) is 0 Å². The number of ether oxygens (including phenoxy) is 1. The lowest BCUT2D eigenvalue weighted by Crippen LogP contribution is -2.35. The molecule has 0 radical (unpaired) electrons. The summed E-state index contributed by atoms with van der Waals surface area (Å²) in [5.41, 5.74) is 5.85. The predicted molar refractivity (Wildman–Crippen MR) is 74.0 cm³/mol. The summed E-state index contributed by atoms with van der Waals surface area (Å²) in [6.07, 6.45) is 0.767. The molecule has 0 aliphatic rings. The van der Waals surface area contributed by atoms with Gasteiger partial charge in [-0.1, -0.05) is 26.0 Å². The van der Waals surface area contributed by atoms with E-state index < -0.39 is 5.41 Å². The minimum Gasteiger partial charge on any atom is -0.490 e. The fourth-order valence-electron chi connectivity index (χ4n) is 1.73. The van der Waals surface area contributed by atoms with Crippen LogP contribution < -0.4 is 10.5 Å². The number of ketones is 1. The first-order chi connectivity index (χ1) is 8.44. The lowest BCUT2D eigenvalue weighted by atomic mass is 9.80. The first-order valence-corrected chi connectivity index (χ1v) is 6.45. The van der Waals surface area contributed by atoms with Crippen molar-refractivity contribution in [3.63, 3.8) is 0 Å². The van der Waals surface area contributed by atoms with Gasteiger partial charge in [0.05, 0.1) is 11.7 Å². The van der Waals surface area contributed by atoms with E-state index in [4.69, 9.17) is 10.5 Å². The minimum atomic E-state index is -0.517. The van der Waals surface area contributed by atoms with Crippen molar-refractivity contribution < 1.29 is 9.53 Å². The average Bonchev–Trinajstić information content (AvgIpc) is 2.37. The summed E-state index contributed by atoms with van der Waals surface area (Å²) < 4.78 is 5.69. The Balaban J connectivity index is 3.12. The van der Waals surface area contributed by atoms with Crippen LogP contribution in [0.5, 0.6) is 5.75 Å². The Morgan fingerprint density at radius 1 is 1.39 bits per heavy atom. The third-order valence-electron chi connectivity index (χ3n) is 3.27. The molecule has 1 aromatic rings. The van der Waals surface area contributed by atoms with E-state index in [0.717, 1.165) is 6.42 Å². The van der Waals surface area contributed by atoms with Crippen molar-refractivity contribution >= 4 is 5.78 Å². The first kappa shape index (κ1) is 14.7. The molecule has 1 rings (SSSR count). The van der Waals surface area contributed by atoms with E-state index in [1.165, 1.54) is 0 Å². The molecule has 0 aromatic heterocycles. The molecule has 0 spiro atoms. The van der Waals surface area contributed by atoms with Gasteiger partial charge >= 0.3 is 0 Å². The second-order valence-electron chi connectivity index (χ2n) is 5.11. The number of nitrogens with two attached hydrogens (primary N) is 1. The molecular formula is C15H23NO2. The summed E-state index contributed by atoms with van der Waals surface area (Å²) in [6.45, 7) is 8.13. The number of carbonyl (C=O) groups is 1. The van der Waals surface area contributed by atoms with Crippen LogP contribution in [0, 0.1) is 5.41 Å². The summed E-state index contributed by atoms with van der Waals surface area (Å²) in [5.74, 6) is 0.703. The van der Waals surface area contributed by atoms with E-state index in [1.54, 1.807) is 0 Å². The molecule has 1 aromatic carbocycles. The standard InChI is InChI=1S/C15H23NO2/c1-5-15(4,10-16)14(17)12-8-6-7-9-13(12)18-11(2)3/h6-9,11H,5,10,16H2,1-4H3. The lowest BCUT2D eigenvalue weighted by Gasteiger charge is -2.26. The summed E-state index contributed by atoms with van der Waals surface area (Å²) in [4.78, 5) is 12.6. The van der Waals surface area contributed by atoms with Crippen molar-refractivity contribution in [2.45, 2.75) is 40.2 Å². The number of rotatable bonds is 6. The summed E-state index contributed by atoms with van der Waals surface area (Å²) >= 11 is 0. The van der Waals surface area contributed by atoms with Crippen molar-refractivity contribution in [2.75, 3.05) is 6.54 Å². The number of para-hydroxylation sites is 1. The van der Waals surface area contributed by atoms with Gasteiger partial charge in [-0.15, -0.1) is 0 Å². The van der Waals surface area contributed by atoms with E-state index in [-0.39, 0.29) is 11.9 Å². The molecule has 0 fully saturated rings. The normalized spacial score (nSPS) is 14.3. The van der Waals surface area contributed by atoms with Gasteiger partial charge in [0.25, 0.3) is 0 Å². The maximum atomic E-state index is 12.6. The Hall–Kier alpha value is -1.35. The van der Waals surface area contributed by atoms with Gasteiger partial charge in [-0.25, -0.2) is 0 Å². The Kier molecular flexibility index (Phi) is 4.91. The number of hydrogen-bond acceptors (Lipinski definition) is 3. The highest BCUT2D eigenvalue weighted by Gasteiger charge is 2.32. The summed E-state index contributed by atoms with van der Waals surface area (Å²) in [5, 5.41) is 0. The maximum Gasteiger partial charge on any atom is 0.173 e. The van der Waals surface area contributed by atoms with Gasteiger partial charge in [-0.05, 0) is 32.4 Å². The molecule has 0 saturated heterocycles. The molecule has 0 aliphatic carbocycles. The number of carbonyl (C=O) groups excluding carboxylic acids is 1. The molecule has 0 amide bonds. The molecule has 100 valence electrons. The van der Waals surface area contributed by atoms with Crippen LogP contribution in [0.4, 0.5) is 0 Å². The quantitative estimate of drug-likeness (QED) is 0.788. The zero-order chi connectivity index (χ0) is 13.8. The molecule has 0 bridgehead atoms. The first-order valence-electron chi connectivity index (χ1n) is 6.45. The fourth-order valence-corrected chi connectivity index (χ4v) is 1.73. The molecule has 1 unspecified atom stereocenters. The minimum absolute atomic E-state index is 0.0460. The van der Waals surface area contributed by atoms with Gasteiger partial charge in [0.2, 0.25) is 0 Å². The van der Waals surface area contributed by atoms with Gasteiger partial charge in [0, 0.05) is 12.0 Å². The molecule has 18 heavy (non-hydrogen) atoms. The molecule has 3 nitrogen and oxygen atoms in total. The summed E-state index contributed by atoms with van der Waals surface area (Å²) in [7, 11) is 0. The summed E-state index contributed by atoms with van der Waals surface area (Å²) in [6, 6.07) is 7.37. The predicted octanol–water partition coefficient (Wildman–Crippen LogP) is 3.03. The molecule has 0 saturated carbocycles. The third kappa shape index (κ3) is 3.10. The van der Waals surface area contributed by atoms with Crippen LogP contribution in [0.3, 0.4) is 0 Å². The van der Waals surface area contributed by atoms with Crippen LogP contribution in [0.25, 0.3) is 0 Å². The zero-order valence-corrected chi connectivity index (χ0v) is 11.7. The van der Waals surface area contributed by atoms with E-state index in [9.17, 15) is 4.79 Å². The highest BCUT2D eigenvalue weighted by Crippen LogP contribution is 2.30. The Morgan fingerprint density at radius 2 is 2.00 bits per heavy atom. The Bertz CT molecular complexity index is 409. The van der Waals surface area contributed by atoms with Gasteiger partial charge < -0.3 is 10.5 Å². The highest BCUT2D eigenvalue weighted by molar-refractivity contribution is 6.02. The highest BCUT2D eigenvalue weighted by atomic mass is 16.5. The second kappa shape index (κ2) is 6.01. The van der Waals surface area contributed by atoms with Gasteiger partial charge in [-0.3, -0.25) is 4.79 Å². The van der Waals surface area contributed by atoms with Crippen LogP contribution in [0.1, 0.15) is 44.5 Å². The number of hydrogen-bond donors (Lipinski definition) is 1. The second-order valence-corrected chi connectivity index (χ2v) is 5.11. The molecule has 3 heteroatoms. The van der Waals surface area contributed by atoms with Crippen LogP contribution in [-0.2, 0) is 0 Å². The molecule has 0 aliphatic heterocycles. The number of Topliss-reactive ketones (excluding diaryl/α,β-unsaturated/α-hetero) is 1. The van der Waals surface area contributed by atoms with Crippen LogP contribution in [-0.4, -0.2) is 18.4 Å². The zero-order valence-electron chi connectivity index (χ0n) is 11.7. The van der Waals surface area contributed by atoms with E-state index in [1.807, 2.05) is 52.0 Å². The van der Waals surface area contributed by atoms with Crippen molar-refractivity contribution in [2.24, 2.45) is 11.1 Å². The molecule has 2 N–H and O–H groups in total. The SMILES string of the molecule is CCC(C)(CN)C(=O)c1ccccc1OC(C)C. The topological polar surface area (TPSA) is 52.3 Å². The van der Waals surface area contributed by atoms with Crippen molar-refractivity contribution in [1.82, 2.24) is 0 Å². The van der Waals surface area contributed by atoms with Crippen molar-refractivity contribution in [1.29, 1.82) is 0 Å². The van der Waals surface area contributed by atoms with Gasteiger partial charge in [0.15, 0.2) is 5.78 Å². The fraction of sp³-hybridized carbons (Fsp3) is 0.533. The van der Waals surface area contributed by atoms with E-state index in [2.05, 4.69) is 0 Å². The van der Waals surface area contributed by atoms with Crippen LogP contribution >= 0.6 is 0 Å². The average molecular weight is 249 g/mol. The monoisotopic (exact) mass is 249 g/mol. The smallest absolute Gasteiger partial charge is 0.173 e. The largest absolute Gasteiger partial charge is 0.490 e. The Morgan fingerprint density at radius 3 is 2.50 bits per heavy atom. The van der Waals surface area contributed by atoms with E-state index in [0.29, 0.717) is 17.9 Å². The molecular weight excluding hydrogens is 226 g/mol. The van der Waals surface area contributed by atoms with E-state index >= 15 is 0 Å². The lowest BCUT2D eigenvalue weighted by molar-refractivity contribution is 0.0814. The van der Waals surface area contributed by atoms with Gasteiger partial charge in [0.1, 0.15) is 5.75 Å².